The lowest BCUT2D eigenvalue weighted by Crippen LogP contribution is -2.49. The molecule has 0 aliphatic heterocycles. The van der Waals surface area contributed by atoms with Gasteiger partial charge in [-0.05, 0) is 46.8 Å². The third-order valence-corrected chi connectivity index (χ3v) is 5.27. The fraction of sp³-hybridized carbons (Fsp3) is 0.667. The van der Waals surface area contributed by atoms with Crippen LogP contribution in [0, 0.1) is 5.92 Å². The molecule has 1 heterocycles. The molecule has 1 saturated carbocycles. The van der Waals surface area contributed by atoms with Crippen molar-refractivity contribution in [1.82, 2.24) is 0 Å². The molecule has 1 nitrogen and oxygen atoms in total. The van der Waals surface area contributed by atoms with Crippen molar-refractivity contribution in [2.45, 2.75) is 44.6 Å². The van der Waals surface area contributed by atoms with Gasteiger partial charge in [0.2, 0.25) is 0 Å². The summed E-state index contributed by atoms with van der Waals surface area (Å²) in [6, 6.07) is 4.32. The number of nitrogens with two attached hydrogens (primary N) is 1. The summed E-state index contributed by atoms with van der Waals surface area (Å²) in [6.45, 7) is 2.31. The van der Waals surface area contributed by atoms with Crippen LogP contribution in [-0.2, 0) is 6.42 Å². The van der Waals surface area contributed by atoms with E-state index in [0.29, 0.717) is 5.92 Å². The summed E-state index contributed by atoms with van der Waals surface area (Å²) in [7, 11) is 0. The Morgan fingerprint density at radius 2 is 2.33 bits per heavy atom. The molecule has 3 heteroatoms. The molecule has 2 rings (SSSR count). The van der Waals surface area contributed by atoms with E-state index in [-0.39, 0.29) is 5.54 Å². The van der Waals surface area contributed by atoms with Crippen LogP contribution in [0.4, 0.5) is 0 Å². The predicted octanol–water partition coefficient (Wildman–Crippen LogP) is 3.96. The second kappa shape index (κ2) is 4.56. The Morgan fingerprint density at radius 3 is 2.93 bits per heavy atom. The number of hydrogen-bond donors (Lipinski definition) is 1. The zero-order valence-corrected chi connectivity index (χ0v) is 11.5. The van der Waals surface area contributed by atoms with Crippen LogP contribution in [0.3, 0.4) is 0 Å². The zero-order valence-electron chi connectivity index (χ0n) is 9.13. The predicted molar refractivity (Wildman–Crippen MR) is 70.3 cm³/mol. The van der Waals surface area contributed by atoms with Gasteiger partial charge < -0.3 is 5.73 Å². The molecule has 1 aliphatic rings. The van der Waals surface area contributed by atoms with Crippen molar-refractivity contribution >= 4 is 27.3 Å². The van der Waals surface area contributed by atoms with E-state index in [4.69, 9.17) is 5.73 Å². The summed E-state index contributed by atoms with van der Waals surface area (Å²) in [5, 5.41) is 0. The summed E-state index contributed by atoms with van der Waals surface area (Å²) >= 11 is 5.33. The molecule has 0 radical (unpaired) electrons. The molecule has 0 spiro atoms. The second-order valence-corrected chi connectivity index (χ2v) is 7.31. The maximum Gasteiger partial charge on any atom is 0.0701 e. The fourth-order valence-corrected chi connectivity index (χ4v) is 4.09. The largest absolute Gasteiger partial charge is 0.325 e. The van der Waals surface area contributed by atoms with Gasteiger partial charge in [0.15, 0.2) is 0 Å². The van der Waals surface area contributed by atoms with Crippen LogP contribution in [0.25, 0.3) is 0 Å². The average Bonchev–Trinajstić information content (AvgIpc) is 2.57. The van der Waals surface area contributed by atoms with E-state index in [1.54, 1.807) is 0 Å². The molecule has 0 amide bonds. The van der Waals surface area contributed by atoms with Crippen molar-refractivity contribution in [3.8, 4) is 0 Å². The van der Waals surface area contributed by atoms with Crippen molar-refractivity contribution in [1.29, 1.82) is 0 Å². The molecular weight excluding hydrogens is 270 g/mol. The summed E-state index contributed by atoms with van der Waals surface area (Å²) < 4.78 is 1.21. The highest BCUT2D eigenvalue weighted by molar-refractivity contribution is 9.11. The second-order valence-electron chi connectivity index (χ2n) is 4.76. The van der Waals surface area contributed by atoms with Gasteiger partial charge in [-0.2, -0.15) is 0 Å². The van der Waals surface area contributed by atoms with Gasteiger partial charge in [-0.1, -0.05) is 19.8 Å². The molecule has 1 aliphatic carbocycles. The number of rotatable bonds is 2. The van der Waals surface area contributed by atoms with Gasteiger partial charge in [0, 0.05) is 16.8 Å². The lowest BCUT2D eigenvalue weighted by Gasteiger charge is -2.39. The maximum atomic E-state index is 6.54. The highest BCUT2D eigenvalue weighted by Crippen LogP contribution is 2.36. The molecule has 2 atom stereocenters. The minimum Gasteiger partial charge on any atom is -0.325 e. The Bertz CT molecular complexity index is 336. The van der Waals surface area contributed by atoms with E-state index in [2.05, 4.69) is 35.0 Å². The van der Waals surface area contributed by atoms with Gasteiger partial charge in [0.25, 0.3) is 0 Å². The van der Waals surface area contributed by atoms with E-state index in [1.165, 1.54) is 34.3 Å². The topological polar surface area (TPSA) is 26.0 Å². The molecule has 0 aromatic carbocycles. The molecule has 84 valence electrons. The molecule has 0 bridgehead atoms. The van der Waals surface area contributed by atoms with Crippen LogP contribution in [0.5, 0.6) is 0 Å². The molecule has 1 fully saturated rings. The quantitative estimate of drug-likeness (QED) is 0.875. The molecule has 0 saturated heterocycles. The number of thiophene rings is 1. The van der Waals surface area contributed by atoms with Gasteiger partial charge in [-0.3, -0.25) is 0 Å². The van der Waals surface area contributed by atoms with Crippen LogP contribution in [0.2, 0.25) is 0 Å². The summed E-state index contributed by atoms with van der Waals surface area (Å²) in [5.74, 6) is 0.659. The van der Waals surface area contributed by atoms with E-state index in [1.807, 2.05) is 11.3 Å². The highest BCUT2D eigenvalue weighted by Gasteiger charge is 2.34. The lowest BCUT2D eigenvalue weighted by molar-refractivity contribution is 0.205. The first-order chi connectivity index (χ1) is 7.10. The standard InChI is InChI=1S/C12H18BrNS/c1-9-4-2-3-7-12(9,14)8-10-5-6-11(13)15-10/h5-6,9H,2-4,7-8,14H2,1H3. The summed E-state index contributed by atoms with van der Waals surface area (Å²) in [5.41, 5.74) is 6.58. The maximum absolute atomic E-state index is 6.54. The normalized spacial score (nSPS) is 31.8. The molecule has 1 aromatic heterocycles. The Labute approximate surface area is 104 Å². The SMILES string of the molecule is CC1CCCCC1(N)Cc1ccc(Br)s1. The number of halogens is 1. The van der Waals surface area contributed by atoms with Gasteiger partial charge in [0.05, 0.1) is 3.79 Å². The van der Waals surface area contributed by atoms with Crippen molar-refractivity contribution in [2.75, 3.05) is 0 Å². The monoisotopic (exact) mass is 287 g/mol. The van der Waals surface area contributed by atoms with Crippen molar-refractivity contribution < 1.29 is 0 Å². The Hall–Kier alpha value is 0.140. The third kappa shape index (κ3) is 2.63. The molecular formula is C12H18BrNS. The van der Waals surface area contributed by atoms with E-state index < -0.39 is 0 Å². The van der Waals surface area contributed by atoms with Gasteiger partial charge in [-0.25, -0.2) is 0 Å². The average molecular weight is 288 g/mol. The van der Waals surface area contributed by atoms with Gasteiger partial charge >= 0.3 is 0 Å². The van der Waals surface area contributed by atoms with Crippen LogP contribution < -0.4 is 5.73 Å². The summed E-state index contributed by atoms with van der Waals surface area (Å²) in [4.78, 5) is 1.41. The Balaban J connectivity index is 2.08. The first kappa shape index (κ1) is 11.6. The first-order valence-electron chi connectivity index (χ1n) is 5.63. The van der Waals surface area contributed by atoms with Crippen LogP contribution >= 0.6 is 27.3 Å². The van der Waals surface area contributed by atoms with Crippen LogP contribution in [0.1, 0.15) is 37.5 Å². The van der Waals surface area contributed by atoms with E-state index in [9.17, 15) is 0 Å². The number of hydrogen-bond acceptors (Lipinski definition) is 2. The molecule has 1 aromatic rings. The zero-order chi connectivity index (χ0) is 10.9. The molecule has 15 heavy (non-hydrogen) atoms. The highest BCUT2D eigenvalue weighted by atomic mass is 79.9. The van der Waals surface area contributed by atoms with E-state index >= 15 is 0 Å². The molecule has 2 N–H and O–H groups in total. The van der Waals surface area contributed by atoms with E-state index in [0.717, 1.165) is 6.42 Å². The van der Waals surface area contributed by atoms with Gasteiger partial charge in [0.1, 0.15) is 0 Å². The smallest absolute Gasteiger partial charge is 0.0701 e. The summed E-state index contributed by atoms with van der Waals surface area (Å²) in [6.07, 6.45) is 6.18. The minimum atomic E-state index is 0.0442. The minimum absolute atomic E-state index is 0.0442. The van der Waals surface area contributed by atoms with Crippen LogP contribution in [0.15, 0.2) is 15.9 Å². The third-order valence-electron chi connectivity index (χ3n) is 3.64. The van der Waals surface area contributed by atoms with Gasteiger partial charge in [-0.15, -0.1) is 11.3 Å². The lowest BCUT2D eigenvalue weighted by atomic mass is 9.72. The fourth-order valence-electron chi connectivity index (χ4n) is 2.47. The first-order valence-corrected chi connectivity index (χ1v) is 7.24. The van der Waals surface area contributed by atoms with Crippen molar-refractivity contribution in [3.63, 3.8) is 0 Å². The molecule has 2 unspecified atom stereocenters. The Morgan fingerprint density at radius 1 is 1.53 bits per heavy atom. The van der Waals surface area contributed by atoms with Crippen molar-refractivity contribution in [3.05, 3.63) is 20.8 Å². The van der Waals surface area contributed by atoms with Crippen molar-refractivity contribution in [2.24, 2.45) is 11.7 Å². The van der Waals surface area contributed by atoms with Crippen LogP contribution in [-0.4, -0.2) is 5.54 Å². The Kier molecular flexibility index (Phi) is 3.53.